The molecule has 3 heterocycles. The number of piperidine rings is 1. The van der Waals surface area contributed by atoms with Crippen LogP contribution in [0.4, 0.5) is 5.69 Å². The highest BCUT2D eigenvalue weighted by Gasteiger charge is 2.19. The Morgan fingerprint density at radius 1 is 0.900 bits per heavy atom. The van der Waals surface area contributed by atoms with Crippen molar-refractivity contribution in [3.8, 4) is 0 Å². The summed E-state index contributed by atoms with van der Waals surface area (Å²) < 4.78 is 1.72. The van der Waals surface area contributed by atoms with E-state index in [2.05, 4.69) is 40.3 Å². The van der Waals surface area contributed by atoms with Crippen molar-refractivity contribution in [2.75, 3.05) is 31.1 Å². The van der Waals surface area contributed by atoms with E-state index in [4.69, 9.17) is 0 Å². The van der Waals surface area contributed by atoms with E-state index in [0.717, 1.165) is 35.1 Å². The van der Waals surface area contributed by atoms with Gasteiger partial charge in [0.05, 0.1) is 5.52 Å². The first-order valence-corrected chi connectivity index (χ1v) is 10.9. The molecule has 1 fully saturated rings. The summed E-state index contributed by atoms with van der Waals surface area (Å²) in [6.07, 6.45) is 11.8. The Balaban J connectivity index is 1.39. The predicted molar refractivity (Wildman–Crippen MR) is 124 cm³/mol. The zero-order chi connectivity index (χ0) is 20.3. The summed E-state index contributed by atoms with van der Waals surface area (Å²) in [6, 6.07) is 18.3. The highest BCUT2D eigenvalue weighted by molar-refractivity contribution is 6.05. The van der Waals surface area contributed by atoms with E-state index in [1.807, 2.05) is 42.6 Å². The van der Waals surface area contributed by atoms with Crippen molar-refractivity contribution in [1.29, 1.82) is 0 Å². The minimum absolute atomic E-state index is 0.0209. The number of anilines is 1. The topological polar surface area (TPSA) is 28.5 Å². The second kappa shape index (κ2) is 8.33. The van der Waals surface area contributed by atoms with E-state index >= 15 is 0 Å². The first-order valence-electron chi connectivity index (χ1n) is 10.9. The van der Waals surface area contributed by atoms with Crippen LogP contribution in [0.2, 0.25) is 0 Å². The van der Waals surface area contributed by atoms with Crippen LogP contribution in [-0.4, -0.2) is 41.6 Å². The molecule has 1 aromatic heterocycles. The third-order valence-corrected chi connectivity index (χ3v) is 6.18. The molecule has 2 aliphatic rings. The minimum Gasteiger partial charge on any atom is -0.346 e. The second-order valence-electron chi connectivity index (χ2n) is 8.11. The lowest BCUT2D eigenvalue weighted by Crippen LogP contribution is -2.36. The number of hydrogen-bond donors (Lipinski definition) is 0. The molecule has 0 N–H and O–H groups in total. The fourth-order valence-corrected chi connectivity index (χ4v) is 4.54. The van der Waals surface area contributed by atoms with Gasteiger partial charge < -0.3 is 9.80 Å². The fourth-order valence-electron chi connectivity index (χ4n) is 4.54. The van der Waals surface area contributed by atoms with Gasteiger partial charge in [-0.3, -0.25) is 9.36 Å². The van der Waals surface area contributed by atoms with Crippen LogP contribution in [0.3, 0.4) is 0 Å². The molecule has 0 spiro atoms. The zero-order valence-corrected chi connectivity index (χ0v) is 17.2. The van der Waals surface area contributed by atoms with Crippen LogP contribution in [0.15, 0.2) is 79.1 Å². The van der Waals surface area contributed by atoms with Crippen molar-refractivity contribution in [2.45, 2.75) is 19.3 Å². The van der Waals surface area contributed by atoms with E-state index in [1.54, 1.807) is 10.6 Å². The number of hydrogen-bond acceptors (Lipinski definition) is 3. The van der Waals surface area contributed by atoms with Crippen molar-refractivity contribution in [1.82, 2.24) is 9.47 Å². The smallest absolute Gasteiger partial charge is 0.255 e. The molecular weight excluding hydrogens is 370 g/mol. The Hall–Kier alpha value is -3.11. The van der Waals surface area contributed by atoms with Crippen molar-refractivity contribution < 1.29 is 4.79 Å². The standard InChI is InChI=1S/C26H27N3O/c30-26(29-17-13-21-8-2-4-10-24(21)29)20-22-12-16-28(25-11-5-3-9-23(22)25)19-18-27-14-6-1-7-15-27/h2-5,8-13,16-17,20H,1,6-7,14-15,18-19H2/b22-20+. The molecule has 0 atom stereocenters. The molecule has 3 aromatic rings. The van der Waals surface area contributed by atoms with E-state index in [9.17, 15) is 4.79 Å². The van der Waals surface area contributed by atoms with Gasteiger partial charge in [0, 0.05) is 48.2 Å². The number of benzene rings is 2. The van der Waals surface area contributed by atoms with Gasteiger partial charge in [0.15, 0.2) is 0 Å². The fraction of sp³-hybridized carbons (Fsp3) is 0.269. The van der Waals surface area contributed by atoms with Crippen LogP contribution in [0.25, 0.3) is 16.5 Å². The Bertz CT molecular complexity index is 1120. The number of fused-ring (bicyclic) bond motifs is 2. The molecule has 152 valence electrons. The van der Waals surface area contributed by atoms with Crippen LogP contribution in [0.5, 0.6) is 0 Å². The normalized spacial score (nSPS) is 18.1. The second-order valence-corrected chi connectivity index (χ2v) is 8.11. The van der Waals surface area contributed by atoms with Crippen LogP contribution >= 0.6 is 0 Å². The summed E-state index contributed by atoms with van der Waals surface area (Å²) in [5, 5.41) is 1.08. The van der Waals surface area contributed by atoms with Gasteiger partial charge in [0.1, 0.15) is 0 Å². The summed E-state index contributed by atoms with van der Waals surface area (Å²) in [5.74, 6) is -0.0209. The lowest BCUT2D eigenvalue weighted by atomic mass is 9.99. The number of aromatic nitrogens is 1. The van der Waals surface area contributed by atoms with E-state index < -0.39 is 0 Å². The number of carbonyl (C=O) groups excluding carboxylic acids is 1. The Kier molecular flexibility index (Phi) is 5.24. The van der Waals surface area contributed by atoms with Crippen LogP contribution in [0.1, 0.15) is 29.6 Å². The third-order valence-electron chi connectivity index (χ3n) is 6.18. The van der Waals surface area contributed by atoms with E-state index in [0.29, 0.717) is 0 Å². The van der Waals surface area contributed by atoms with E-state index in [1.165, 1.54) is 38.0 Å². The molecule has 2 aliphatic heterocycles. The van der Waals surface area contributed by atoms with Gasteiger partial charge in [-0.1, -0.05) is 42.8 Å². The van der Waals surface area contributed by atoms with Gasteiger partial charge in [-0.2, -0.15) is 0 Å². The molecule has 0 amide bonds. The number of likely N-dealkylation sites (tertiary alicyclic amines) is 1. The predicted octanol–water partition coefficient (Wildman–Crippen LogP) is 5.18. The van der Waals surface area contributed by atoms with Gasteiger partial charge in [-0.05, 0) is 55.8 Å². The molecule has 1 saturated heterocycles. The first kappa shape index (κ1) is 18.9. The molecular formula is C26H27N3O. The molecule has 30 heavy (non-hydrogen) atoms. The monoisotopic (exact) mass is 397 g/mol. The average Bonchev–Trinajstić information content (AvgIpc) is 3.24. The average molecular weight is 398 g/mol. The Morgan fingerprint density at radius 3 is 2.60 bits per heavy atom. The Morgan fingerprint density at radius 2 is 1.70 bits per heavy atom. The van der Waals surface area contributed by atoms with Crippen LogP contribution in [0, 0.1) is 0 Å². The maximum atomic E-state index is 13.0. The number of para-hydroxylation sites is 2. The number of rotatable bonds is 4. The van der Waals surface area contributed by atoms with Gasteiger partial charge in [0.2, 0.25) is 0 Å². The molecule has 2 aromatic carbocycles. The zero-order valence-electron chi connectivity index (χ0n) is 17.2. The van der Waals surface area contributed by atoms with Crippen molar-refractivity contribution in [3.05, 3.63) is 84.7 Å². The van der Waals surface area contributed by atoms with E-state index in [-0.39, 0.29) is 5.91 Å². The van der Waals surface area contributed by atoms with Crippen molar-refractivity contribution in [2.24, 2.45) is 0 Å². The summed E-state index contributed by atoms with van der Waals surface area (Å²) >= 11 is 0. The summed E-state index contributed by atoms with van der Waals surface area (Å²) in [6.45, 7) is 4.47. The summed E-state index contributed by atoms with van der Waals surface area (Å²) in [4.78, 5) is 17.9. The van der Waals surface area contributed by atoms with Gasteiger partial charge in [-0.15, -0.1) is 0 Å². The summed E-state index contributed by atoms with van der Waals surface area (Å²) in [5.41, 5.74) is 4.19. The molecule has 0 bridgehead atoms. The SMILES string of the molecule is O=C(/C=C1\C=CN(CCN2CCCCC2)c2ccccc21)n1ccc2ccccc21. The lowest BCUT2D eigenvalue weighted by molar-refractivity contribution is 0.0974. The maximum Gasteiger partial charge on any atom is 0.255 e. The summed E-state index contributed by atoms with van der Waals surface area (Å²) in [7, 11) is 0. The molecule has 0 unspecified atom stereocenters. The minimum atomic E-state index is -0.0209. The van der Waals surface area contributed by atoms with Crippen LogP contribution in [-0.2, 0) is 0 Å². The van der Waals surface area contributed by atoms with Gasteiger partial charge in [0.25, 0.3) is 5.91 Å². The number of carbonyl (C=O) groups is 1. The quantitative estimate of drug-likeness (QED) is 0.568. The maximum absolute atomic E-state index is 13.0. The largest absolute Gasteiger partial charge is 0.346 e. The third kappa shape index (κ3) is 3.71. The van der Waals surface area contributed by atoms with Crippen molar-refractivity contribution in [3.63, 3.8) is 0 Å². The number of allylic oxidation sites excluding steroid dienone is 3. The molecule has 0 radical (unpaired) electrons. The highest BCUT2D eigenvalue weighted by atomic mass is 16.1. The molecule has 0 aliphatic carbocycles. The van der Waals surface area contributed by atoms with Gasteiger partial charge >= 0.3 is 0 Å². The molecule has 5 rings (SSSR count). The molecule has 4 heteroatoms. The molecule has 4 nitrogen and oxygen atoms in total. The lowest BCUT2D eigenvalue weighted by Gasteiger charge is -2.32. The van der Waals surface area contributed by atoms with Crippen LogP contribution < -0.4 is 4.90 Å². The van der Waals surface area contributed by atoms with Crippen molar-refractivity contribution >= 4 is 28.1 Å². The first-order chi connectivity index (χ1) is 14.8. The Labute approximate surface area is 177 Å². The van der Waals surface area contributed by atoms with Gasteiger partial charge in [-0.25, -0.2) is 0 Å². The highest BCUT2D eigenvalue weighted by Crippen LogP contribution is 2.33. The molecule has 0 saturated carbocycles. The number of nitrogens with zero attached hydrogens (tertiary/aromatic N) is 3.